The Labute approximate surface area is 148 Å². The van der Waals surface area contributed by atoms with Gasteiger partial charge in [0.1, 0.15) is 24.1 Å². The number of hydrogen-bond acceptors (Lipinski definition) is 5. The van der Waals surface area contributed by atoms with E-state index < -0.39 is 0 Å². The van der Waals surface area contributed by atoms with Gasteiger partial charge in [-0.25, -0.2) is 9.97 Å². The Morgan fingerprint density at radius 3 is 2.36 bits per heavy atom. The molecule has 0 spiro atoms. The summed E-state index contributed by atoms with van der Waals surface area (Å²) < 4.78 is 11.7. The molecule has 1 heterocycles. The highest BCUT2D eigenvalue weighted by molar-refractivity contribution is 5.89. The lowest BCUT2D eigenvalue weighted by molar-refractivity contribution is -0.0661. The van der Waals surface area contributed by atoms with Crippen molar-refractivity contribution in [2.45, 2.75) is 39.5 Å². The van der Waals surface area contributed by atoms with Crippen LogP contribution in [0.25, 0.3) is 22.1 Å². The van der Waals surface area contributed by atoms with Crippen LogP contribution in [-0.4, -0.2) is 34.9 Å². The molecule has 0 aliphatic heterocycles. The predicted octanol–water partition coefficient (Wildman–Crippen LogP) is 3.91. The predicted molar refractivity (Wildman–Crippen MR) is 101 cm³/mol. The van der Waals surface area contributed by atoms with Crippen LogP contribution in [0.15, 0.2) is 42.5 Å². The summed E-state index contributed by atoms with van der Waals surface area (Å²) >= 11 is 0. The second kappa shape index (κ2) is 7.33. The first-order valence-electron chi connectivity index (χ1n) is 8.62. The van der Waals surface area contributed by atoms with Crippen LogP contribution in [0, 0.1) is 0 Å². The number of fused-ring (bicyclic) bond motifs is 2. The van der Waals surface area contributed by atoms with Crippen molar-refractivity contribution in [2.75, 3.05) is 13.2 Å². The summed E-state index contributed by atoms with van der Waals surface area (Å²) in [6.45, 7) is 9.35. The molecule has 1 aromatic heterocycles. The number of nitrogens with zero attached hydrogens (tertiary/aromatic N) is 2. The highest BCUT2D eigenvalue weighted by Crippen LogP contribution is 2.24. The van der Waals surface area contributed by atoms with Crippen molar-refractivity contribution in [2.24, 2.45) is 0 Å². The molecule has 3 aromatic rings. The smallest absolute Gasteiger partial charge is 0.147 e. The average molecular weight is 339 g/mol. The van der Waals surface area contributed by atoms with Gasteiger partial charge in [-0.2, -0.15) is 0 Å². The van der Waals surface area contributed by atoms with Gasteiger partial charge in [-0.1, -0.05) is 18.2 Å². The topological polar surface area (TPSA) is 56.3 Å². The van der Waals surface area contributed by atoms with E-state index in [1.807, 2.05) is 70.2 Å². The number of rotatable bonds is 6. The summed E-state index contributed by atoms with van der Waals surface area (Å²) in [5.74, 6) is 0.752. The van der Waals surface area contributed by atoms with Crippen molar-refractivity contribution in [1.82, 2.24) is 15.3 Å². The molecule has 5 nitrogen and oxygen atoms in total. The maximum Gasteiger partial charge on any atom is 0.147 e. The molecule has 1 atom stereocenters. The molecule has 0 amide bonds. The van der Waals surface area contributed by atoms with Gasteiger partial charge in [0, 0.05) is 6.54 Å². The largest absolute Gasteiger partial charge is 0.490 e. The SMILES string of the molecule is CC(NCCOc1cccc2nc3ccccc3nc12)OC(C)(C)C. The summed E-state index contributed by atoms with van der Waals surface area (Å²) in [4.78, 5) is 9.36. The van der Waals surface area contributed by atoms with E-state index >= 15 is 0 Å². The molecule has 3 rings (SSSR count). The van der Waals surface area contributed by atoms with E-state index in [1.165, 1.54) is 0 Å². The van der Waals surface area contributed by atoms with Gasteiger partial charge in [-0.15, -0.1) is 0 Å². The van der Waals surface area contributed by atoms with Gasteiger partial charge < -0.3 is 9.47 Å². The summed E-state index contributed by atoms with van der Waals surface area (Å²) in [6, 6.07) is 13.7. The second-order valence-corrected chi connectivity index (χ2v) is 7.01. The fraction of sp³-hybridized carbons (Fsp3) is 0.400. The van der Waals surface area contributed by atoms with Crippen LogP contribution in [0.3, 0.4) is 0 Å². The van der Waals surface area contributed by atoms with E-state index in [0.29, 0.717) is 13.2 Å². The highest BCUT2D eigenvalue weighted by Gasteiger charge is 2.14. The van der Waals surface area contributed by atoms with E-state index in [2.05, 4.69) is 10.3 Å². The standard InChI is InChI=1S/C20H25N3O2/c1-14(25-20(2,3)4)21-12-13-24-18-11-7-10-17-19(18)23-16-9-6-5-8-15(16)22-17/h5-11,14,21H,12-13H2,1-4H3. The van der Waals surface area contributed by atoms with Gasteiger partial charge >= 0.3 is 0 Å². The molecule has 132 valence electrons. The minimum absolute atomic E-state index is 0.0279. The third-order valence-electron chi connectivity index (χ3n) is 3.65. The molecule has 25 heavy (non-hydrogen) atoms. The fourth-order valence-corrected chi connectivity index (χ4v) is 2.73. The quantitative estimate of drug-likeness (QED) is 0.419. The second-order valence-electron chi connectivity index (χ2n) is 7.01. The fourth-order valence-electron chi connectivity index (χ4n) is 2.73. The first-order chi connectivity index (χ1) is 11.9. The average Bonchev–Trinajstić information content (AvgIpc) is 2.55. The van der Waals surface area contributed by atoms with Gasteiger partial charge in [-0.05, 0) is 52.0 Å². The summed E-state index contributed by atoms with van der Waals surface area (Å²) in [7, 11) is 0. The number of aromatic nitrogens is 2. The Hall–Kier alpha value is -2.24. The third kappa shape index (κ3) is 4.65. The first kappa shape index (κ1) is 17.6. The zero-order valence-electron chi connectivity index (χ0n) is 15.2. The molecule has 0 saturated heterocycles. The number of hydrogen-bond donors (Lipinski definition) is 1. The van der Waals surface area contributed by atoms with E-state index in [0.717, 1.165) is 27.8 Å². The molecule has 0 saturated carbocycles. The van der Waals surface area contributed by atoms with Crippen LogP contribution in [0.1, 0.15) is 27.7 Å². The summed E-state index contributed by atoms with van der Waals surface area (Å²) in [5, 5.41) is 3.30. The lowest BCUT2D eigenvalue weighted by Crippen LogP contribution is -2.37. The first-order valence-corrected chi connectivity index (χ1v) is 8.62. The van der Waals surface area contributed by atoms with E-state index in [4.69, 9.17) is 14.5 Å². The maximum absolute atomic E-state index is 5.93. The minimum Gasteiger partial charge on any atom is -0.490 e. The Balaban J connectivity index is 1.66. The highest BCUT2D eigenvalue weighted by atomic mass is 16.5. The maximum atomic E-state index is 5.93. The molecule has 1 unspecified atom stereocenters. The molecular weight excluding hydrogens is 314 g/mol. The molecule has 0 bridgehead atoms. The zero-order valence-corrected chi connectivity index (χ0v) is 15.2. The normalized spacial score (nSPS) is 13.3. The van der Waals surface area contributed by atoms with Gasteiger partial charge in [-0.3, -0.25) is 5.32 Å². The number of nitrogens with one attached hydrogen (secondary N) is 1. The van der Waals surface area contributed by atoms with E-state index in [9.17, 15) is 0 Å². The van der Waals surface area contributed by atoms with Crippen molar-refractivity contribution in [3.8, 4) is 5.75 Å². The molecule has 5 heteroatoms. The van der Waals surface area contributed by atoms with E-state index in [1.54, 1.807) is 0 Å². The molecule has 0 aliphatic carbocycles. The van der Waals surface area contributed by atoms with Crippen molar-refractivity contribution in [3.63, 3.8) is 0 Å². The molecule has 0 radical (unpaired) electrons. The third-order valence-corrected chi connectivity index (χ3v) is 3.65. The van der Waals surface area contributed by atoms with Crippen LogP contribution in [0.4, 0.5) is 0 Å². The van der Waals surface area contributed by atoms with Crippen LogP contribution in [0.5, 0.6) is 5.75 Å². The van der Waals surface area contributed by atoms with Crippen LogP contribution in [-0.2, 0) is 4.74 Å². The number of para-hydroxylation sites is 3. The molecule has 2 aromatic carbocycles. The van der Waals surface area contributed by atoms with Crippen molar-refractivity contribution >= 4 is 22.1 Å². The van der Waals surface area contributed by atoms with Crippen LogP contribution in [0.2, 0.25) is 0 Å². The number of ether oxygens (including phenoxy) is 2. The van der Waals surface area contributed by atoms with Crippen LogP contribution < -0.4 is 10.1 Å². The molecule has 0 aliphatic rings. The summed E-state index contributed by atoms with van der Waals surface area (Å²) in [5.41, 5.74) is 3.23. The van der Waals surface area contributed by atoms with Crippen molar-refractivity contribution < 1.29 is 9.47 Å². The van der Waals surface area contributed by atoms with Crippen molar-refractivity contribution in [3.05, 3.63) is 42.5 Å². The van der Waals surface area contributed by atoms with Crippen molar-refractivity contribution in [1.29, 1.82) is 0 Å². The van der Waals surface area contributed by atoms with E-state index in [-0.39, 0.29) is 11.8 Å². The van der Waals surface area contributed by atoms with Gasteiger partial charge in [0.15, 0.2) is 0 Å². The minimum atomic E-state index is -0.167. The summed E-state index contributed by atoms with van der Waals surface area (Å²) in [6.07, 6.45) is -0.0279. The number of benzene rings is 2. The lowest BCUT2D eigenvalue weighted by atomic mass is 10.2. The Kier molecular flexibility index (Phi) is 5.16. The monoisotopic (exact) mass is 339 g/mol. The van der Waals surface area contributed by atoms with Gasteiger partial charge in [0.2, 0.25) is 0 Å². The zero-order chi connectivity index (χ0) is 17.9. The Morgan fingerprint density at radius 2 is 1.64 bits per heavy atom. The van der Waals surface area contributed by atoms with Gasteiger partial charge in [0.25, 0.3) is 0 Å². The van der Waals surface area contributed by atoms with Gasteiger partial charge in [0.05, 0.1) is 22.2 Å². The molecule has 1 N–H and O–H groups in total. The lowest BCUT2D eigenvalue weighted by Gasteiger charge is -2.25. The molecule has 0 fully saturated rings. The Bertz CT molecular complexity index is 858. The Morgan fingerprint density at radius 1 is 0.960 bits per heavy atom. The molecular formula is C20H25N3O2. The van der Waals surface area contributed by atoms with Crippen LogP contribution >= 0.6 is 0 Å².